The summed E-state index contributed by atoms with van der Waals surface area (Å²) in [5.41, 5.74) is 14.0. The van der Waals surface area contributed by atoms with Crippen molar-refractivity contribution in [3.8, 4) is 23.0 Å². The first-order chi connectivity index (χ1) is 44.8. The molecule has 1 aliphatic carbocycles. The molecular weight excluding hydrogens is 1220 g/mol. The molecule has 0 spiro atoms. The van der Waals surface area contributed by atoms with Gasteiger partial charge in [-0.15, -0.1) is 10.2 Å². The predicted octanol–water partition coefficient (Wildman–Crippen LogP) is 19.2. The Morgan fingerprint density at radius 2 is 0.632 bits per heavy atom. The number of benzene rings is 12. The summed E-state index contributed by atoms with van der Waals surface area (Å²) >= 11 is 0. The fraction of sp³-hybridized carbons (Fsp3) is 0.286. The number of ether oxygens (including phenoxy) is 2. The Morgan fingerprint density at radius 3 is 0.937 bits per heavy atom. The van der Waals surface area contributed by atoms with Gasteiger partial charge in [0.15, 0.2) is 0 Å². The minimum atomic E-state index is -0.272. The van der Waals surface area contributed by atoms with Crippen molar-refractivity contribution in [2.45, 2.75) is 157 Å². The molecule has 0 unspecified atom stereocenters. The third kappa shape index (κ3) is 11.9. The molecule has 15 rings (SSSR count). The third-order valence-electron chi connectivity index (χ3n) is 19.8. The second-order valence-electron chi connectivity index (χ2n) is 30.8. The fourth-order valence-corrected chi connectivity index (χ4v) is 14.5. The molecule has 14 aromatic rings. The van der Waals surface area contributed by atoms with E-state index in [1.54, 1.807) is 0 Å². The quantitative estimate of drug-likeness (QED) is 0.103. The summed E-state index contributed by atoms with van der Waals surface area (Å²) in [4.78, 5) is 0. The van der Waals surface area contributed by atoms with Gasteiger partial charge < -0.3 is 19.7 Å². The van der Waals surface area contributed by atoms with Crippen molar-refractivity contribution >= 4 is 64.6 Å². The standard InChI is InChI=1S/C84H82N6O4.Zn/c1-81(2,3)65-35-57-31-61-39-67(83(7,8)9)41-63(79(61)93-47-69-45-89(87-85-69)43-55-25-23-53-21-19-49-15-13-17-51-27-29-71(55)75(53)73(49)51)33-59-37-66(82(4,5)6)38-60(78(59)92)34-64-42-68(84(10,11)12)40-62(32-58(36-65)77(57)91)80(64)94-48-70-46-90(88-86-70)44-56-26-24-54-22-20-50-16-14-18-52-28-30-72(56)76(54)74(50)52;/h13-30,35-42,45-46,91-92H,31-34,43-44,47-48H2,1-12H3;. The van der Waals surface area contributed by atoms with Crippen LogP contribution in [0.3, 0.4) is 0 Å². The molecule has 2 N–H and O–H groups in total. The van der Waals surface area contributed by atoms with Gasteiger partial charge in [0, 0.05) is 45.2 Å². The van der Waals surface area contributed by atoms with Crippen molar-refractivity contribution < 1.29 is 39.2 Å². The van der Waals surface area contributed by atoms with E-state index in [0.717, 1.165) is 77.9 Å². The molecule has 1 aliphatic rings. The zero-order valence-electron chi connectivity index (χ0n) is 56.9. The van der Waals surface area contributed by atoms with Crippen LogP contribution in [0.25, 0.3) is 64.6 Å². The van der Waals surface area contributed by atoms with Crippen LogP contribution in [-0.4, -0.2) is 40.2 Å². The molecule has 2 heterocycles. The van der Waals surface area contributed by atoms with Crippen LogP contribution in [0.1, 0.15) is 172 Å². The molecule has 0 saturated heterocycles. The number of nitrogens with zero attached hydrogens (tertiary/aromatic N) is 6. The van der Waals surface area contributed by atoms with Gasteiger partial charge in [0.05, 0.1) is 25.5 Å². The molecular formula is C84H82N6O4Zn. The van der Waals surface area contributed by atoms with Crippen molar-refractivity contribution in [3.63, 3.8) is 0 Å². The molecule has 0 atom stereocenters. The van der Waals surface area contributed by atoms with E-state index < -0.39 is 0 Å². The molecule has 0 fully saturated rings. The van der Waals surface area contributed by atoms with E-state index in [9.17, 15) is 10.2 Å². The van der Waals surface area contributed by atoms with Crippen molar-refractivity contribution in [1.82, 2.24) is 30.0 Å². The van der Waals surface area contributed by atoms with Gasteiger partial charge in [-0.25, -0.2) is 9.36 Å². The summed E-state index contributed by atoms with van der Waals surface area (Å²) in [5.74, 6) is 1.89. The van der Waals surface area contributed by atoms with Crippen molar-refractivity contribution in [3.05, 3.63) is 259 Å². The third-order valence-corrected chi connectivity index (χ3v) is 19.8. The average molecular weight is 1310 g/mol. The number of phenols is 2. The zero-order valence-corrected chi connectivity index (χ0v) is 59.9. The Morgan fingerprint density at radius 1 is 0.358 bits per heavy atom. The van der Waals surface area contributed by atoms with Crippen molar-refractivity contribution in [2.75, 3.05) is 0 Å². The maximum absolute atomic E-state index is 13.1. The first-order valence-corrected chi connectivity index (χ1v) is 33.2. The van der Waals surface area contributed by atoms with Gasteiger partial charge in [0.25, 0.3) is 0 Å². The number of aromatic nitrogens is 6. The van der Waals surface area contributed by atoms with Gasteiger partial charge >= 0.3 is 0 Å². The largest absolute Gasteiger partial charge is 0.507 e. The topological polar surface area (TPSA) is 120 Å². The molecule has 474 valence electrons. The molecule has 2 aromatic heterocycles. The van der Waals surface area contributed by atoms with Crippen LogP contribution in [-0.2, 0) is 93.1 Å². The Hall–Kier alpha value is -9.18. The molecule has 0 radical (unpaired) electrons. The molecule has 0 saturated carbocycles. The van der Waals surface area contributed by atoms with Crippen LogP contribution in [0.15, 0.2) is 170 Å². The Bertz CT molecular complexity index is 4840. The number of hydrogen-bond acceptors (Lipinski definition) is 8. The average Bonchev–Trinajstić information content (AvgIpc) is 0.960. The van der Waals surface area contributed by atoms with E-state index in [0.29, 0.717) is 61.7 Å². The van der Waals surface area contributed by atoms with E-state index in [-0.39, 0.29) is 65.9 Å². The molecule has 0 amide bonds. The summed E-state index contributed by atoms with van der Waals surface area (Å²) in [6.07, 6.45) is 5.47. The van der Waals surface area contributed by atoms with Gasteiger partial charge in [-0.05, 0) is 164 Å². The van der Waals surface area contributed by atoms with Crippen molar-refractivity contribution in [1.29, 1.82) is 0 Å². The van der Waals surface area contributed by atoms with Crippen molar-refractivity contribution in [2.24, 2.45) is 0 Å². The monoisotopic (exact) mass is 1300 g/mol. The van der Waals surface area contributed by atoms with E-state index in [2.05, 4.69) is 241 Å². The van der Waals surface area contributed by atoms with Crippen LogP contribution >= 0.6 is 0 Å². The Labute approximate surface area is 569 Å². The molecule has 10 nitrogen and oxygen atoms in total. The van der Waals surface area contributed by atoms with Gasteiger partial charge in [0.1, 0.15) is 47.6 Å². The van der Waals surface area contributed by atoms with E-state index in [4.69, 9.17) is 30.1 Å². The molecule has 8 bridgehead atoms. The van der Waals surface area contributed by atoms with E-state index in [1.807, 2.05) is 21.8 Å². The number of hydrogen-bond donors (Lipinski definition) is 2. The normalized spacial score (nSPS) is 13.3. The maximum Gasteiger partial charge on any atom is 0.134 e. The Kier molecular flexibility index (Phi) is 15.7. The van der Waals surface area contributed by atoms with Gasteiger partial charge in [-0.1, -0.05) is 251 Å². The Balaban J connectivity index is 0.00000778. The number of aromatic hydroxyl groups is 2. The van der Waals surface area contributed by atoms with E-state index >= 15 is 0 Å². The molecule has 12 aromatic carbocycles. The second kappa shape index (κ2) is 23.6. The van der Waals surface area contributed by atoms with Crippen LogP contribution < -0.4 is 9.47 Å². The van der Waals surface area contributed by atoms with Crippen LogP contribution in [0.5, 0.6) is 23.0 Å². The number of rotatable bonds is 10. The van der Waals surface area contributed by atoms with Crippen LogP contribution in [0.2, 0.25) is 0 Å². The summed E-state index contributed by atoms with van der Waals surface area (Å²) in [6, 6.07) is 57.5. The summed E-state index contributed by atoms with van der Waals surface area (Å²) in [7, 11) is 0. The summed E-state index contributed by atoms with van der Waals surface area (Å²) in [6.45, 7) is 28.2. The van der Waals surface area contributed by atoms with Gasteiger partial charge in [-0.2, -0.15) is 0 Å². The minimum Gasteiger partial charge on any atom is -0.507 e. The molecule has 0 aliphatic heterocycles. The second-order valence-corrected chi connectivity index (χ2v) is 30.8. The van der Waals surface area contributed by atoms with Crippen LogP contribution in [0, 0.1) is 0 Å². The van der Waals surface area contributed by atoms with Gasteiger partial charge in [-0.3, -0.25) is 0 Å². The number of fused-ring (bicyclic) bond motifs is 8. The first kappa shape index (κ1) is 63.2. The molecule has 95 heavy (non-hydrogen) atoms. The summed E-state index contributed by atoms with van der Waals surface area (Å²) < 4.78 is 18.3. The number of phenolic OH excluding ortho intramolecular Hbond substituents is 2. The SMILES string of the molecule is CC(C)(C)c1cc2c(O)c(c1)Cc1cc(C(C)(C)C)cc(c1OCc1cn(Cc3ccc4ccc5cccc6ccc3c4c56)nn1)Cc1cc(C(C)(C)C)cc(c1O)Cc1cc(C(C)(C)C)cc(c1OCc1cn(Cc3ccc4ccc5cccc6ccc3c4c56)nn1)C2.[Zn]. The smallest absolute Gasteiger partial charge is 0.134 e. The minimum absolute atomic E-state index is 0. The maximum atomic E-state index is 13.1. The van der Waals surface area contributed by atoms with Gasteiger partial charge in [0.2, 0.25) is 0 Å². The summed E-state index contributed by atoms with van der Waals surface area (Å²) in [5, 5.41) is 60.0. The van der Waals surface area contributed by atoms with E-state index in [1.165, 1.54) is 64.6 Å². The predicted molar refractivity (Wildman–Crippen MR) is 382 cm³/mol. The first-order valence-electron chi connectivity index (χ1n) is 33.2. The van der Waals surface area contributed by atoms with Crippen LogP contribution in [0.4, 0.5) is 0 Å². The molecule has 11 heteroatoms. The fourth-order valence-electron chi connectivity index (χ4n) is 14.5. The zero-order chi connectivity index (χ0) is 65.3.